The van der Waals surface area contributed by atoms with Gasteiger partial charge in [-0.05, 0) is 60.9 Å². The lowest BCUT2D eigenvalue weighted by atomic mass is 10.1. The Bertz CT molecular complexity index is 1400. The van der Waals surface area contributed by atoms with Gasteiger partial charge in [-0.1, -0.05) is 55.8 Å². The van der Waals surface area contributed by atoms with Crippen molar-refractivity contribution in [2.24, 2.45) is 0 Å². The Morgan fingerprint density at radius 2 is 1.70 bits per heavy atom. The highest BCUT2D eigenvalue weighted by Gasteiger charge is 2.33. The fraction of sp³-hybridized carbons (Fsp3) is 0.310. The first-order valence-electron chi connectivity index (χ1n) is 12.8. The summed E-state index contributed by atoms with van der Waals surface area (Å²) in [6.45, 7) is 3.53. The predicted molar refractivity (Wildman–Crippen MR) is 153 cm³/mol. The maximum Gasteiger partial charge on any atom is 0.264 e. The molecule has 0 aromatic heterocycles. The second kappa shape index (κ2) is 14.1. The van der Waals surface area contributed by atoms with Gasteiger partial charge < -0.3 is 15.0 Å². The third-order valence-electron chi connectivity index (χ3n) is 6.25. The third-order valence-corrected chi connectivity index (χ3v) is 8.33. The highest BCUT2D eigenvalue weighted by Crippen LogP contribution is 2.28. The number of methoxy groups -OCH3 is 1. The quantitative estimate of drug-likeness (QED) is 0.302. The fourth-order valence-corrected chi connectivity index (χ4v) is 5.70. The Kier molecular flexibility index (Phi) is 10.9. The molecule has 0 unspecified atom stereocenters. The van der Waals surface area contributed by atoms with Crippen LogP contribution in [0.2, 0.25) is 5.02 Å². The minimum Gasteiger partial charge on any atom is -0.497 e. The molecular formula is C29H33ClFN3O5S. The molecule has 11 heteroatoms. The molecule has 0 fully saturated rings. The highest BCUT2D eigenvalue weighted by molar-refractivity contribution is 7.92. The lowest BCUT2D eigenvalue weighted by Gasteiger charge is -2.33. The van der Waals surface area contributed by atoms with Crippen LogP contribution in [0.1, 0.15) is 32.3 Å². The van der Waals surface area contributed by atoms with Crippen molar-refractivity contribution in [3.63, 3.8) is 0 Å². The molecule has 0 saturated heterocycles. The predicted octanol–water partition coefficient (Wildman–Crippen LogP) is 5.02. The summed E-state index contributed by atoms with van der Waals surface area (Å²) in [5.74, 6) is -1.06. The number of hydrogen-bond donors (Lipinski definition) is 1. The number of benzene rings is 3. The molecule has 3 rings (SSSR count). The summed E-state index contributed by atoms with van der Waals surface area (Å²) in [6, 6.07) is 17.2. The largest absolute Gasteiger partial charge is 0.497 e. The molecule has 214 valence electrons. The van der Waals surface area contributed by atoms with Gasteiger partial charge in [0.05, 0.1) is 22.7 Å². The average molecular weight is 590 g/mol. The second-order valence-electron chi connectivity index (χ2n) is 9.01. The molecule has 0 aliphatic rings. The molecule has 0 radical (unpaired) electrons. The molecule has 0 bridgehead atoms. The van der Waals surface area contributed by atoms with Crippen molar-refractivity contribution in [1.29, 1.82) is 0 Å². The second-order valence-corrected chi connectivity index (χ2v) is 11.3. The smallest absolute Gasteiger partial charge is 0.264 e. The summed E-state index contributed by atoms with van der Waals surface area (Å²) in [5.41, 5.74) is 0.731. The van der Waals surface area contributed by atoms with E-state index >= 15 is 0 Å². The minimum absolute atomic E-state index is 0.0106. The van der Waals surface area contributed by atoms with Crippen LogP contribution in [0.25, 0.3) is 0 Å². The van der Waals surface area contributed by atoms with E-state index < -0.39 is 34.3 Å². The zero-order valence-electron chi connectivity index (χ0n) is 22.6. The number of carbonyl (C=O) groups is 2. The minimum atomic E-state index is -4.27. The Labute approximate surface area is 239 Å². The van der Waals surface area contributed by atoms with Crippen LogP contribution in [0, 0.1) is 5.82 Å². The summed E-state index contributed by atoms with van der Waals surface area (Å²) in [6.07, 6.45) is 1.01. The van der Waals surface area contributed by atoms with Crippen LogP contribution in [-0.4, -0.2) is 51.4 Å². The van der Waals surface area contributed by atoms with E-state index in [0.29, 0.717) is 25.1 Å². The maximum atomic E-state index is 14.0. The molecule has 1 N–H and O–H groups in total. The van der Waals surface area contributed by atoms with Gasteiger partial charge in [-0.15, -0.1) is 0 Å². The molecule has 0 spiro atoms. The van der Waals surface area contributed by atoms with Gasteiger partial charge >= 0.3 is 0 Å². The molecule has 0 heterocycles. The van der Waals surface area contributed by atoms with Gasteiger partial charge in [-0.3, -0.25) is 13.9 Å². The Morgan fingerprint density at radius 1 is 1.02 bits per heavy atom. The number of carbonyl (C=O) groups excluding carboxylic acids is 2. The SMILES string of the molecule is CCCNC(=O)[C@H](CC)N(Cc1ccc(OC)cc1)C(=O)CN(c1ccc(F)c(Cl)c1)S(=O)(=O)c1ccccc1. The molecule has 0 aliphatic heterocycles. The van der Waals surface area contributed by atoms with Crippen molar-refractivity contribution >= 4 is 39.1 Å². The molecule has 0 aliphatic carbocycles. The zero-order valence-corrected chi connectivity index (χ0v) is 24.2. The van der Waals surface area contributed by atoms with E-state index in [0.717, 1.165) is 22.0 Å². The van der Waals surface area contributed by atoms with E-state index in [4.69, 9.17) is 16.3 Å². The van der Waals surface area contributed by atoms with Crippen LogP contribution in [0.15, 0.2) is 77.7 Å². The van der Waals surface area contributed by atoms with Crippen molar-refractivity contribution in [2.45, 2.75) is 44.2 Å². The summed E-state index contributed by atoms with van der Waals surface area (Å²) in [4.78, 5) is 28.4. The summed E-state index contributed by atoms with van der Waals surface area (Å²) in [5, 5.41) is 2.54. The van der Waals surface area contributed by atoms with E-state index in [1.54, 1.807) is 56.5 Å². The van der Waals surface area contributed by atoms with Gasteiger partial charge in [0.1, 0.15) is 24.2 Å². The number of nitrogens with one attached hydrogen (secondary N) is 1. The van der Waals surface area contributed by atoms with Gasteiger partial charge in [0.25, 0.3) is 10.0 Å². The number of nitrogens with zero attached hydrogens (tertiary/aromatic N) is 2. The number of amides is 2. The number of anilines is 1. The molecule has 2 amide bonds. The van der Waals surface area contributed by atoms with Crippen LogP contribution in [0.3, 0.4) is 0 Å². The van der Waals surface area contributed by atoms with Crippen LogP contribution < -0.4 is 14.4 Å². The zero-order chi connectivity index (χ0) is 29.3. The lowest BCUT2D eigenvalue weighted by Crippen LogP contribution is -2.52. The lowest BCUT2D eigenvalue weighted by molar-refractivity contribution is -0.140. The molecule has 40 heavy (non-hydrogen) atoms. The summed E-state index contributed by atoms with van der Waals surface area (Å²) in [7, 11) is -2.73. The van der Waals surface area contributed by atoms with Gasteiger partial charge in [0.15, 0.2) is 0 Å². The first-order valence-corrected chi connectivity index (χ1v) is 14.7. The number of sulfonamides is 1. The van der Waals surface area contributed by atoms with E-state index in [1.807, 2.05) is 6.92 Å². The Morgan fingerprint density at radius 3 is 2.27 bits per heavy atom. The average Bonchev–Trinajstić information content (AvgIpc) is 2.96. The number of hydrogen-bond acceptors (Lipinski definition) is 5. The molecular weight excluding hydrogens is 557 g/mol. The van der Waals surface area contributed by atoms with E-state index in [9.17, 15) is 22.4 Å². The molecule has 8 nitrogen and oxygen atoms in total. The van der Waals surface area contributed by atoms with Crippen molar-refractivity contribution in [1.82, 2.24) is 10.2 Å². The van der Waals surface area contributed by atoms with Crippen LogP contribution in [0.4, 0.5) is 10.1 Å². The summed E-state index contributed by atoms with van der Waals surface area (Å²) < 4.78 is 47.6. The van der Waals surface area contributed by atoms with Gasteiger partial charge in [-0.25, -0.2) is 12.8 Å². The fourth-order valence-electron chi connectivity index (χ4n) is 4.10. The monoisotopic (exact) mass is 589 g/mol. The van der Waals surface area contributed by atoms with Crippen molar-refractivity contribution in [2.75, 3.05) is 24.5 Å². The molecule has 3 aromatic carbocycles. The number of halogens is 2. The van der Waals surface area contributed by atoms with Crippen molar-refractivity contribution < 1.29 is 27.1 Å². The van der Waals surface area contributed by atoms with Crippen LogP contribution >= 0.6 is 11.6 Å². The van der Waals surface area contributed by atoms with Crippen LogP contribution in [0.5, 0.6) is 5.75 Å². The van der Waals surface area contributed by atoms with Crippen molar-refractivity contribution in [3.05, 3.63) is 89.2 Å². The van der Waals surface area contributed by atoms with E-state index in [1.165, 1.54) is 23.1 Å². The standard InChI is InChI=1S/C29H33ClFN3O5S/c1-4-17-32-29(36)27(5-2)33(19-21-11-14-23(39-3)15-12-21)28(35)20-34(22-13-16-26(31)25(30)18-22)40(37,38)24-9-7-6-8-10-24/h6-16,18,27H,4-5,17,19-20H2,1-3H3,(H,32,36)/t27-/m0/s1. The first-order chi connectivity index (χ1) is 19.1. The normalized spacial score (nSPS) is 11.9. The maximum absolute atomic E-state index is 14.0. The highest BCUT2D eigenvalue weighted by atomic mass is 35.5. The van der Waals surface area contributed by atoms with E-state index in [-0.39, 0.29) is 28.1 Å². The van der Waals surface area contributed by atoms with E-state index in [2.05, 4.69) is 5.32 Å². The van der Waals surface area contributed by atoms with Gasteiger partial charge in [-0.2, -0.15) is 0 Å². The van der Waals surface area contributed by atoms with Crippen molar-refractivity contribution in [3.8, 4) is 5.75 Å². The number of ether oxygens (including phenoxy) is 1. The summed E-state index contributed by atoms with van der Waals surface area (Å²) >= 11 is 5.99. The van der Waals surface area contributed by atoms with Gasteiger partial charge in [0, 0.05) is 13.1 Å². The Hall–Kier alpha value is -3.63. The van der Waals surface area contributed by atoms with Crippen LogP contribution in [-0.2, 0) is 26.2 Å². The van der Waals surface area contributed by atoms with Gasteiger partial charge in [0.2, 0.25) is 11.8 Å². The third kappa shape index (κ3) is 7.51. The first kappa shape index (κ1) is 30.9. The molecule has 3 aromatic rings. The molecule has 1 atom stereocenters. The molecule has 0 saturated carbocycles. The Balaban J connectivity index is 2.05. The number of rotatable bonds is 13. The topological polar surface area (TPSA) is 96.0 Å².